The predicted octanol–water partition coefficient (Wildman–Crippen LogP) is -0.0928. The minimum absolute atomic E-state index is 0.000230. The number of hydrogen-bond acceptors (Lipinski definition) is 5. The molecule has 0 aliphatic rings. The molecule has 0 saturated heterocycles. The summed E-state index contributed by atoms with van der Waals surface area (Å²) in [6.07, 6.45) is -0.774. The second-order valence-electron chi connectivity index (χ2n) is 4.70. The van der Waals surface area contributed by atoms with E-state index in [0.717, 1.165) is 13.2 Å². The monoisotopic (exact) mass is 279 g/mol. The van der Waals surface area contributed by atoms with Crippen LogP contribution in [0.5, 0.6) is 0 Å². The highest BCUT2D eigenvalue weighted by molar-refractivity contribution is 5.81. The van der Waals surface area contributed by atoms with E-state index in [-0.39, 0.29) is 13.2 Å². The van der Waals surface area contributed by atoms with E-state index in [9.17, 15) is 9.90 Å². The van der Waals surface area contributed by atoms with E-state index >= 15 is 0 Å². The highest BCUT2D eigenvalue weighted by Crippen LogP contribution is 2.19. The molecule has 6 heteroatoms. The summed E-state index contributed by atoms with van der Waals surface area (Å²) < 4.78 is 4.83. The fraction of sp³-hybridized carbons (Fsp3) is 0.923. The lowest BCUT2D eigenvalue weighted by Crippen LogP contribution is -2.45. The smallest absolute Gasteiger partial charge is 0.249 e. The maximum Gasteiger partial charge on any atom is 0.249 e. The summed E-state index contributed by atoms with van der Waals surface area (Å²) in [7, 11) is 0. The number of carbonyl (C=O) groups excluding carboxylic acids is 1. The summed E-state index contributed by atoms with van der Waals surface area (Å²) in [5.74, 6) is -0.516. The van der Waals surface area contributed by atoms with Crippen LogP contribution in [0.15, 0.2) is 0 Å². The molecule has 1 atom stereocenters. The number of ether oxygens (including phenoxy) is 1. The summed E-state index contributed by atoms with van der Waals surface area (Å²) in [6.45, 7) is 8.93. The summed E-state index contributed by atoms with van der Waals surface area (Å²) in [6, 6.07) is 0. The molecule has 0 aliphatic heterocycles. The van der Waals surface area contributed by atoms with Gasteiger partial charge in [-0.2, -0.15) is 0 Å². The Bertz CT molecular complexity index is 219. The number of aliphatic hydroxyl groups is 3. The third-order valence-corrected chi connectivity index (χ3v) is 2.44. The largest absolute Gasteiger partial charge is 0.396 e. The number of amides is 1. The first-order valence-electron chi connectivity index (χ1n) is 6.62. The van der Waals surface area contributed by atoms with Crippen LogP contribution in [0, 0.1) is 5.41 Å². The fourth-order valence-electron chi connectivity index (χ4n) is 1.03. The summed E-state index contributed by atoms with van der Waals surface area (Å²) in [5, 5.41) is 29.3. The van der Waals surface area contributed by atoms with Crippen LogP contribution >= 0.6 is 0 Å². The van der Waals surface area contributed by atoms with Gasteiger partial charge < -0.3 is 25.4 Å². The van der Waals surface area contributed by atoms with Gasteiger partial charge in [0.1, 0.15) is 6.10 Å². The number of hydrogen-bond donors (Lipinski definition) is 4. The highest BCUT2D eigenvalue weighted by atomic mass is 16.5. The van der Waals surface area contributed by atoms with E-state index in [4.69, 9.17) is 14.9 Å². The van der Waals surface area contributed by atoms with Gasteiger partial charge in [0.25, 0.3) is 0 Å². The average molecular weight is 279 g/mol. The molecule has 0 aromatic rings. The molecular weight excluding hydrogens is 250 g/mol. The van der Waals surface area contributed by atoms with Gasteiger partial charge in [0.05, 0.1) is 6.61 Å². The third-order valence-electron chi connectivity index (χ3n) is 2.44. The topological polar surface area (TPSA) is 99.0 Å². The minimum atomic E-state index is -1.23. The standard InChI is InChI=1S/C9H19NO4.C4H10O/c1-9(2,6-12)7(13)8(14)10-4-3-5-11;1-3-5-4-2/h7,11-13H,3-6H2,1-2H3,(H,10,14);3-4H2,1-2H3. The Balaban J connectivity index is 0. The molecule has 6 nitrogen and oxygen atoms in total. The molecule has 0 rings (SSSR count). The minimum Gasteiger partial charge on any atom is -0.396 e. The van der Waals surface area contributed by atoms with Crippen LogP contribution in [-0.2, 0) is 9.53 Å². The Labute approximate surface area is 115 Å². The second-order valence-corrected chi connectivity index (χ2v) is 4.70. The quantitative estimate of drug-likeness (QED) is 0.465. The molecule has 1 amide bonds. The molecule has 0 aromatic heterocycles. The van der Waals surface area contributed by atoms with Crippen molar-refractivity contribution in [3.05, 3.63) is 0 Å². The van der Waals surface area contributed by atoms with Crippen molar-refractivity contribution in [3.63, 3.8) is 0 Å². The number of aliphatic hydroxyl groups excluding tert-OH is 3. The van der Waals surface area contributed by atoms with Gasteiger partial charge in [-0.1, -0.05) is 13.8 Å². The summed E-state index contributed by atoms with van der Waals surface area (Å²) >= 11 is 0. The zero-order chi connectivity index (χ0) is 15.3. The van der Waals surface area contributed by atoms with Crippen LogP contribution < -0.4 is 5.32 Å². The number of carbonyl (C=O) groups is 1. The van der Waals surface area contributed by atoms with Gasteiger partial charge in [-0.25, -0.2) is 0 Å². The average Bonchev–Trinajstić information content (AvgIpc) is 2.39. The highest BCUT2D eigenvalue weighted by Gasteiger charge is 2.32. The van der Waals surface area contributed by atoms with E-state index in [2.05, 4.69) is 5.32 Å². The van der Waals surface area contributed by atoms with Gasteiger partial charge in [0, 0.05) is 31.8 Å². The molecular formula is C13H29NO5. The van der Waals surface area contributed by atoms with Gasteiger partial charge >= 0.3 is 0 Å². The van der Waals surface area contributed by atoms with Crippen molar-refractivity contribution < 1.29 is 24.9 Å². The zero-order valence-electron chi connectivity index (χ0n) is 12.5. The van der Waals surface area contributed by atoms with Gasteiger partial charge in [-0.3, -0.25) is 4.79 Å². The van der Waals surface area contributed by atoms with Crippen molar-refractivity contribution in [1.82, 2.24) is 5.32 Å². The van der Waals surface area contributed by atoms with Crippen molar-refractivity contribution >= 4 is 5.91 Å². The third kappa shape index (κ3) is 10.9. The Hall–Kier alpha value is -0.690. The van der Waals surface area contributed by atoms with Gasteiger partial charge in [-0.15, -0.1) is 0 Å². The Morgan fingerprint density at radius 3 is 2.11 bits per heavy atom. The summed E-state index contributed by atoms with van der Waals surface area (Å²) in [4.78, 5) is 11.3. The van der Waals surface area contributed by atoms with Crippen molar-refractivity contribution in [1.29, 1.82) is 0 Å². The zero-order valence-corrected chi connectivity index (χ0v) is 12.5. The molecule has 116 valence electrons. The maximum absolute atomic E-state index is 11.3. The Kier molecular flexibility index (Phi) is 13.4. The second kappa shape index (κ2) is 12.3. The molecule has 0 bridgehead atoms. The molecule has 0 aliphatic carbocycles. The van der Waals surface area contributed by atoms with Crippen LogP contribution in [0.2, 0.25) is 0 Å². The molecule has 4 N–H and O–H groups in total. The first-order chi connectivity index (χ1) is 8.87. The van der Waals surface area contributed by atoms with Crippen LogP contribution in [0.3, 0.4) is 0 Å². The lowest BCUT2D eigenvalue weighted by molar-refractivity contribution is -0.137. The van der Waals surface area contributed by atoms with Crippen LogP contribution in [-0.4, -0.2) is 60.3 Å². The molecule has 0 spiro atoms. The molecule has 0 aromatic carbocycles. The predicted molar refractivity (Wildman–Crippen MR) is 73.8 cm³/mol. The van der Waals surface area contributed by atoms with E-state index in [1.807, 2.05) is 13.8 Å². The van der Waals surface area contributed by atoms with Gasteiger partial charge in [0.2, 0.25) is 5.91 Å². The molecule has 1 unspecified atom stereocenters. The van der Waals surface area contributed by atoms with Gasteiger partial charge in [-0.05, 0) is 20.3 Å². The van der Waals surface area contributed by atoms with E-state index in [1.54, 1.807) is 13.8 Å². The van der Waals surface area contributed by atoms with Crippen LogP contribution in [0.25, 0.3) is 0 Å². The summed E-state index contributed by atoms with van der Waals surface area (Å²) in [5.41, 5.74) is -0.844. The maximum atomic E-state index is 11.3. The normalized spacial score (nSPS) is 12.4. The molecule has 0 saturated carbocycles. The fourth-order valence-corrected chi connectivity index (χ4v) is 1.03. The van der Waals surface area contributed by atoms with E-state index < -0.39 is 17.4 Å². The van der Waals surface area contributed by atoms with Gasteiger partial charge in [0.15, 0.2) is 0 Å². The number of nitrogens with one attached hydrogen (secondary N) is 1. The van der Waals surface area contributed by atoms with E-state index in [1.165, 1.54) is 0 Å². The van der Waals surface area contributed by atoms with Crippen molar-refractivity contribution in [2.75, 3.05) is 33.0 Å². The van der Waals surface area contributed by atoms with Crippen molar-refractivity contribution in [2.24, 2.45) is 5.41 Å². The lowest BCUT2D eigenvalue weighted by Gasteiger charge is -2.27. The molecule has 0 radical (unpaired) electrons. The number of rotatable bonds is 8. The first-order valence-corrected chi connectivity index (χ1v) is 6.62. The first kappa shape index (κ1) is 20.6. The lowest BCUT2D eigenvalue weighted by atomic mass is 9.87. The molecule has 0 heterocycles. The SMILES string of the molecule is CC(C)(CO)C(O)C(=O)NCCCO.CCOCC. The molecule has 19 heavy (non-hydrogen) atoms. The Morgan fingerprint density at radius 2 is 1.79 bits per heavy atom. The Morgan fingerprint density at radius 1 is 1.26 bits per heavy atom. The van der Waals surface area contributed by atoms with Crippen molar-refractivity contribution in [2.45, 2.75) is 40.2 Å². The molecule has 0 fully saturated rings. The van der Waals surface area contributed by atoms with Crippen LogP contribution in [0.1, 0.15) is 34.1 Å². The van der Waals surface area contributed by atoms with Crippen LogP contribution in [0.4, 0.5) is 0 Å². The van der Waals surface area contributed by atoms with E-state index in [0.29, 0.717) is 13.0 Å². The van der Waals surface area contributed by atoms with Crippen molar-refractivity contribution in [3.8, 4) is 0 Å².